The first-order chi connectivity index (χ1) is 9.40. The summed E-state index contributed by atoms with van der Waals surface area (Å²) in [5, 5.41) is 0. The highest BCUT2D eigenvalue weighted by atomic mass is 16.2. The number of aryl methyl sites for hydroxylation is 2. The van der Waals surface area contributed by atoms with Crippen molar-refractivity contribution in [3.63, 3.8) is 0 Å². The summed E-state index contributed by atoms with van der Waals surface area (Å²) in [4.78, 5) is 30.7. The number of nitrogens with zero attached hydrogens (tertiary/aromatic N) is 3. The molecule has 5 heteroatoms. The quantitative estimate of drug-likeness (QED) is 0.783. The van der Waals surface area contributed by atoms with Gasteiger partial charge in [0.2, 0.25) is 11.8 Å². The summed E-state index contributed by atoms with van der Waals surface area (Å²) in [5.74, 6) is 0.194. The van der Waals surface area contributed by atoms with Crippen molar-refractivity contribution in [2.45, 2.75) is 25.7 Å². The molecular weight excluding hydrogens is 254 g/mol. The number of amides is 2. The number of hydrogen-bond donors (Lipinski definition) is 0. The van der Waals surface area contributed by atoms with Crippen LogP contribution in [0.1, 0.15) is 24.2 Å². The molecule has 2 amide bonds. The van der Waals surface area contributed by atoms with Crippen molar-refractivity contribution < 1.29 is 9.59 Å². The number of carbonyl (C=O) groups is 2. The van der Waals surface area contributed by atoms with Gasteiger partial charge in [-0.3, -0.25) is 14.6 Å². The van der Waals surface area contributed by atoms with Gasteiger partial charge in [0.25, 0.3) is 0 Å². The Kier molecular flexibility index (Phi) is 6.15. The Hall–Kier alpha value is -1.91. The van der Waals surface area contributed by atoms with Gasteiger partial charge in [0.1, 0.15) is 0 Å². The summed E-state index contributed by atoms with van der Waals surface area (Å²) in [6.45, 7) is 0. The molecule has 0 N–H and O–H groups in total. The van der Waals surface area contributed by atoms with Crippen LogP contribution >= 0.6 is 0 Å². The van der Waals surface area contributed by atoms with Gasteiger partial charge < -0.3 is 9.80 Å². The molecule has 1 aromatic heterocycles. The minimum atomic E-state index is 0.0972. The lowest BCUT2D eigenvalue weighted by Gasteiger charge is -2.11. The maximum absolute atomic E-state index is 11.5. The maximum atomic E-state index is 11.5. The van der Waals surface area contributed by atoms with Crippen LogP contribution < -0.4 is 0 Å². The van der Waals surface area contributed by atoms with Crippen molar-refractivity contribution in [2.24, 2.45) is 0 Å². The second-order valence-corrected chi connectivity index (χ2v) is 5.20. The molecule has 0 saturated carbocycles. The summed E-state index contributed by atoms with van der Waals surface area (Å²) < 4.78 is 0. The third kappa shape index (κ3) is 5.38. The third-order valence-electron chi connectivity index (χ3n) is 3.05. The van der Waals surface area contributed by atoms with Gasteiger partial charge in [-0.1, -0.05) is 6.07 Å². The van der Waals surface area contributed by atoms with E-state index in [2.05, 4.69) is 4.98 Å². The summed E-state index contributed by atoms with van der Waals surface area (Å²) in [6, 6.07) is 5.76. The van der Waals surface area contributed by atoms with Crippen LogP contribution in [0.2, 0.25) is 0 Å². The highest BCUT2D eigenvalue weighted by Gasteiger charge is 2.07. The van der Waals surface area contributed by atoms with Gasteiger partial charge in [-0.2, -0.15) is 0 Å². The largest absolute Gasteiger partial charge is 0.349 e. The van der Waals surface area contributed by atoms with Gasteiger partial charge >= 0.3 is 0 Å². The molecule has 5 nitrogen and oxygen atoms in total. The molecule has 0 spiro atoms. The van der Waals surface area contributed by atoms with E-state index in [4.69, 9.17) is 0 Å². The summed E-state index contributed by atoms with van der Waals surface area (Å²) in [7, 11) is 7.00. The molecule has 1 aromatic rings. The number of aromatic nitrogens is 1. The van der Waals surface area contributed by atoms with E-state index in [1.807, 2.05) is 18.2 Å². The van der Waals surface area contributed by atoms with E-state index in [0.29, 0.717) is 25.7 Å². The lowest BCUT2D eigenvalue weighted by atomic mass is 10.1. The first-order valence-corrected chi connectivity index (χ1v) is 6.75. The average molecular weight is 277 g/mol. The van der Waals surface area contributed by atoms with E-state index in [1.54, 1.807) is 38.0 Å². The predicted octanol–water partition coefficient (Wildman–Crippen LogP) is 1.12. The van der Waals surface area contributed by atoms with Crippen LogP contribution in [-0.2, 0) is 22.4 Å². The second-order valence-electron chi connectivity index (χ2n) is 5.20. The first kappa shape index (κ1) is 16.1. The number of carbonyl (C=O) groups excluding carboxylic acids is 2. The lowest BCUT2D eigenvalue weighted by molar-refractivity contribution is -0.129. The fourth-order valence-electron chi connectivity index (χ4n) is 1.72. The average Bonchev–Trinajstić information content (AvgIpc) is 2.42. The van der Waals surface area contributed by atoms with Gasteiger partial charge in [-0.05, 0) is 25.0 Å². The molecule has 0 saturated heterocycles. The Bertz CT molecular complexity index is 431. The van der Waals surface area contributed by atoms with Crippen molar-refractivity contribution in [1.29, 1.82) is 0 Å². The van der Waals surface area contributed by atoms with E-state index in [-0.39, 0.29) is 11.8 Å². The molecule has 0 aliphatic heterocycles. The second kappa shape index (κ2) is 7.62. The topological polar surface area (TPSA) is 53.5 Å². The highest BCUT2D eigenvalue weighted by molar-refractivity contribution is 5.76. The zero-order chi connectivity index (χ0) is 15.1. The molecule has 0 radical (unpaired) electrons. The van der Waals surface area contributed by atoms with Crippen LogP contribution in [0.5, 0.6) is 0 Å². The van der Waals surface area contributed by atoms with Crippen LogP contribution in [0.15, 0.2) is 18.2 Å². The monoisotopic (exact) mass is 277 g/mol. The minimum Gasteiger partial charge on any atom is -0.349 e. The number of rotatable bonds is 6. The summed E-state index contributed by atoms with van der Waals surface area (Å²) in [5.41, 5.74) is 1.80. The molecule has 0 aromatic carbocycles. The molecule has 0 fully saturated rings. The summed E-state index contributed by atoms with van der Waals surface area (Å²) >= 11 is 0. The molecule has 20 heavy (non-hydrogen) atoms. The minimum absolute atomic E-state index is 0.0972. The zero-order valence-corrected chi connectivity index (χ0v) is 12.7. The van der Waals surface area contributed by atoms with Gasteiger partial charge in [0.05, 0.1) is 0 Å². The Morgan fingerprint density at radius 2 is 1.30 bits per heavy atom. The Labute approximate surface area is 120 Å². The van der Waals surface area contributed by atoms with Crippen LogP contribution in [0.25, 0.3) is 0 Å². The van der Waals surface area contributed by atoms with E-state index < -0.39 is 0 Å². The van der Waals surface area contributed by atoms with E-state index in [1.165, 1.54) is 0 Å². The van der Waals surface area contributed by atoms with Crippen molar-refractivity contribution in [3.8, 4) is 0 Å². The fourth-order valence-corrected chi connectivity index (χ4v) is 1.72. The fraction of sp³-hybridized carbons (Fsp3) is 0.533. The molecule has 0 bridgehead atoms. The van der Waals surface area contributed by atoms with Gasteiger partial charge in [-0.15, -0.1) is 0 Å². The lowest BCUT2D eigenvalue weighted by Crippen LogP contribution is -2.22. The standard InChI is InChI=1S/C15H23N3O2/c1-17(2)14(19)10-8-12-6-5-7-13(16-12)9-11-15(20)18(3)4/h5-7H,8-11H2,1-4H3. The zero-order valence-electron chi connectivity index (χ0n) is 12.7. The molecule has 0 aliphatic rings. The molecule has 0 aliphatic carbocycles. The van der Waals surface area contributed by atoms with Crippen LogP contribution in [0, 0.1) is 0 Å². The van der Waals surface area contributed by atoms with Crippen LogP contribution in [0.3, 0.4) is 0 Å². The van der Waals surface area contributed by atoms with E-state index >= 15 is 0 Å². The molecule has 0 unspecified atom stereocenters. The van der Waals surface area contributed by atoms with Crippen molar-refractivity contribution in [2.75, 3.05) is 28.2 Å². The van der Waals surface area contributed by atoms with Gasteiger partial charge in [0, 0.05) is 52.4 Å². The Morgan fingerprint density at radius 3 is 1.65 bits per heavy atom. The summed E-state index contributed by atoms with van der Waals surface area (Å²) in [6.07, 6.45) is 2.18. The maximum Gasteiger partial charge on any atom is 0.222 e. The van der Waals surface area contributed by atoms with Gasteiger partial charge in [-0.25, -0.2) is 0 Å². The van der Waals surface area contributed by atoms with Gasteiger partial charge in [0.15, 0.2) is 0 Å². The molecule has 1 rings (SSSR count). The first-order valence-electron chi connectivity index (χ1n) is 6.75. The van der Waals surface area contributed by atoms with Crippen LogP contribution in [0.4, 0.5) is 0 Å². The normalized spacial score (nSPS) is 10.2. The molecule has 110 valence electrons. The predicted molar refractivity (Wildman–Crippen MR) is 78.3 cm³/mol. The third-order valence-corrected chi connectivity index (χ3v) is 3.05. The highest BCUT2D eigenvalue weighted by Crippen LogP contribution is 2.06. The number of hydrogen-bond acceptors (Lipinski definition) is 3. The smallest absolute Gasteiger partial charge is 0.222 e. The SMILES string of the molecule is CN(C)C(=O)CCc1cccc(CCC(=O)N(C)C)n1. The van der Waals surface area contributed by atoms with E-state index in [0.717, 1.165) is 11.4 Å². The Morgan fingerprint density at radius 1 is 0.900 bits per heavy atom. The van der Waals surface area contributed by atoms with Crippen molar-refractivity contribution >= 4 is 11.8 Å². The van der Waals surface area contributed by atoms with Crippen LogP contribution in [-0.4, -0.2) is 54.8 Å². The molecule has 0 atom stereocenters. The Balaban J connectivity index is 2.53. The number of pyridine rings is 1. The molecule has 1 heterocycles. The van der Waals surface area contributed by atoms with Crippen molar-refractivity contribution in [1.82, 2.24) is 14.8 Å². The van der Waals surface area contributed by atoms with Crippen molar-refractivity contribution in [3.05, 3.63) is 29.6 Å². The van der Waals surface area contributed by atoms with E-state index in [9.17, 15) is 9.59 Å². The molecular formula is C15H23N3O2.